The van der Waals surface area contributed by atoms with Crippen molar-refractivity contribution in [2.45, 2.75) is 25.8 Å². The Morgan fingerprint density at radius 1 is 1.26 bits per heavy atom. The molecule has 0 bridgehead atoms. The molecule has 0 radical (unpaired) electrons. The van der Waals surface area contributed by atoms with Gasteiger partial charge in [-0.3, -0.25) is 24.7 Å². The molecular weight excluding hydrogens is 246 g/mol. The number of nitrogens with two attached hydrogens (primary N) is 1. The van der Waals surface area contributed by atoms with Crippen LogP contribution in [-0.2, 0) is 16.1 Å². The maximum atomic E-state index is 11.7. The molecule has 0 spiro atoms. The molecule has 100 valence electrons. The zero-order chi connectivity index (χ0) is 13.8. The van der Waals surface area contributed by atoms with E-state index < -0.39 is 5.91 Å². The van der Waals surface area contributed by atoms with E-state index in [2.05, 4.69) is 0 Å². The van der Waals surface area contributed by atoms with Crippen LogP contribution in [0.5, 0.6) is 0 Å². The third-order valence-corrected chi connectivity index (χ3v) is 3.04. The van der Waals surface area contributed by atoms with E-state index in [1.165, 1.54) is 4.90 Å². The number of hydrogen-bond acceptors (Lipinski definition) is 4. The quantitative estimate of drug-likeness (QED) is 0.355. The van der Waals surface area contributed by atoms with Gasteiger partial charge in [-0.15, -0.1) is 0 Å². The second-order valence-corrected chi connectivity index (χ2v) is 4.40. The lowest BCUT2D eigenvalue weighted by Crippen LogP contribution is -2.39. The minimum absolute atomic E-state index is 0.162. The molecule has 1 aliphatic rings. The van der Waals surface area contributed by atoms with E-state index in [0.717, 1.165) is 5.56 Å². The Balaban J connectivity index is 2.16. The molecule has 1 aromatic rings. The van der Waals surface area contributed by atoms with Gasteiger partial charge in [0.25, 0.3) is 5.91 Å². The molecule has 0 unspecified atom stereocenters. The van der Waals surface area contributed by atoms with E-state index in [1.54, 1.807) is 24.3 Å². The number of piperidine rings is 1. The largest absolute Gasteiger partial charge is 0.290 e. The van der Waals surface area contributed by atoms with Gasteiger partial charge in [0, 0.05) is 18.4 Å². The van der Waals surface area contributed by atoms with Crippen molar-refractivity contribution in [3.63, 3.8) is 0 Å². The van der Waals surface area contributed by atoms with Gasteiger partial charge in [-0.2, -0.15) is 0 Å². The summed E-state index contributed by atoms with van der Waals surface area (Å²) < 4.78 is 0. The summed E-state index contributed by atoms with van der Waals surface area (Å²) in [7, 11) is 0. The normalized spacial score (nSPS) is 15.5. The summed E-state index contributed by atoms with van der Waals surface area (Å²) in [5, 5.41) is 0. The number of rotatable bonds is 3. The molecule has 2 rings (SSSR count). The van der Waals surface area contributed by atoms with Crippen LogP contribution in [0.25, 0.3) is 0 Å². The van der Waals surface area contributed by atoms with Gasteiger partial charge in [0.1, 0.15) is 0 Å². The zero-order valence-electron chi connectivity index (χ0n) is 10.4. The van der Waals surface area contributed by atoms with Crippen molar-refractivity contribution in [3.8, 4) is 0 Å². The summed E-state index contributed by atoms with van der Waals surface area (Å²) in [6.45, 7) is 0.198. The van der Waals surface area contributed by atoms with Gasteiger partial charge >= 0.3 is 0 Å². The Kier molecular flexibility index (Phi) is 3.91. The second kappa shape index (κ2) is 5.62. The molecule has 1 aliphatic heterocycles. The number of imide groups is 1. The zero-order valence-corrected chi connectivity index (χ0v) is 10.4. The fraction of sp³-hybridized carbons (Fsp3) is 0.308. The predicted molar refractivity (Wildman–Crippen MR) is 67.5 cm³/mol. The first-order valence-corrected chi connectivity index (χ1v) is 6.05. The average Bonchev–Trinajstić information content (AvgIpc) is 2.42. The van der Waals surface area contributed by atoms with Gasteiger partial charge in [0.05, 0.1) is 6.54 Å². The molecule has 19 heavy (non-hydrogen) atoms. The smallest absolute Gasteiger partial charge is 0.265 e. The molecule has 3 amide bonds. The van der Waals surface area contributed by atoms with Crippen LogP contribution in [0.2, 0.25) is 0 Å². The van der Waals surface area contributed by atoms with Crippen molar-refractivity contribution in [2.24, 2.45) is 5.84 Å². The van der Waals surface area contributed by atoms with Crippen molar-refractivity contribution in [2.75, 3.05) is 0 Å². The van der Waals surface area contributed by atoms with E-state index in [0.29, 0.717) is 24.8 Å². The summed E-state index contributed by atoms with van der Waals surface area (Å²) >= 11 is 0. The number of hydrazine groups is 1. The van der Waals surface area contributed by atoms with E-state index in [4.69, 9.17) is 5.84 Å². The molecule has 0 atom stereocenters. The fourth-order valence-electron chi connectivity index (χ4n) is 2.05. The first kappa shape index (κ1) is 13.2. The third-order valence-electron chi connectivity index (χ3n) is 3.04. The maximum Gasteiger partial charge on any atom is 0.265 e. The Morgan fingerprint density at radius 3 is 2.58 bits per heavy atom. The molecule has 1 fully saturated rings. The number of carbonyl (C=O) groups is 3. The number of likely N-dealkylation sites (tertiary alicyclic amines) is 1. The summed E-state index contributed by atoms with van der Waals surface area (Å²) in [5.74, 6) is 4.34. The minimum atomic E-state index is -0.404. The van der Waals surface area contributed by atoms with E-state index in [-0.39, 0.29) is 18.4 Å². The number of nitrogens with one attached hydrogen (secondary N) is 1. The number of nitrogens with zero attached hydrogens (tertiary/aromatic N) is 1. The van der Waals surface area contributed by atoms with E-state index >= 15 is 0 Å². The second-order valence-electron chi connectivity index (χ2n) is 4.40. The third kappa shape index (κ3) is 2.97. The van der Waals surface area contributed by atoms with Gasteiger partial charge in [0.2, 0.25) is 11.8 Å². The van der Waals surface area contributed by atoms with Crippen molar-refractivity contribution in [1.29, 1.82) is 0 Å². The van der Waals surface area contributed by atoms with E-state index in [9.17, 15) is 14.4 Å². The predicted octanol–water partition coefficient (Wildman–Crippen LogP) is 0.329. The highest BCUT2D eigenvalue weighted by molar-refractivity contribution is 5.97. The highest BCUT2D eigenvalue weighted by Gasteiger charge is 2.25. The maximum absolute atomic E-state index is 11.7. The van der Waals surface area contributed by atoms with Gasteiger partial charge in [-0.25, -0.2) is 5.84 Å². The van der Waals surface area contributed by atoms with Crippen LogP contribution in [-0.4, -0.2) is 22.6 Å². The molecule has 0 aromatic heterocycles. The molecule has 1 aromatic carbocycles. The minimum Gasteiger partial charge on any atom is -0.290 e. The lowest BCUT2D eigenvalue weighted by atomic mass is 10.1. The molecule has 0 aliphatic carbocycles. The van der Waals surface area contributed by atoms with Gasteiger partial charge < -0.3 is 0 Å². The molecule has 6 heteroatoms. The van der Waals surface area contributed by atoms with Crippen LogP contribution in [0, 0.1) is 0 Å². The number of carbonyl (C=O) groups excluding carboxylic acids is 3. The summed E-state index contributed by atoms with van der Waals surface area (Å²) in [5.41, 5.74) is 3.17. The Morgan fingerprint density at radius 2 is 1.95 bits per heavy atom. The highest BCUT2D eigenvalue weighted by Crippen LogP contribution is 2.16. The number of benzene rings is 1. The topological polar surface area (TPSA) is 92.5 Å². The Hall–Kier alpha value is -2.21. The van der Waals surface area contributed by atoms with Gasteiger partial charge in [-0.05, 0) is 24.1 Å². The molecule has 3 N–H and O–H groups in total. The molecule has 6 nitrogen and oxygen atoms in total. The fourth-order valence-corrected chi connectivity index (χ4v) is 2.05. The van der Waals surface area contributed by atoms with Crippen LogP contribution < -0.4 is 11.3 Å². The first-order valence-electron chi connectivity index (χ1n) is 6.05. The Bertz CT molecular complexity index is 512. The van der Waals surface area contributed by atoms with Gasteiger partial charge in [0.15, 0.2) is 0 Å². The SMILES string of the molecule is NNC(=O)c1cccc(CN2C(=O)CCCC2=O)c1. The summed E-state index contributed by atoms with van der Waals surface area (Å²) in [6, 6.07) is 6.70. The van der Waals surface area contributed by atoms with Crippen molar-refractivity contribution >= 4 is 17.7 Å². The summed E-state index contributed by atoms with van der Waals surface area (Å²) in [4.78, 5) is 36.0. The van der Waals surface area contributed by atoms with Crippen LogP contribution in [0.1, 0.15) is 35.2 Å². The number of nitrogen functional groups attached to an aromatic ring is 1. The van der Waals surface area contributed by atoms with E-state index in [1.807, 2.05) is 5.43 Å². The lowest BCUT2D eigenvalue weighted by molar-refractivity contribution is -0.148. The van der Waals surface area contributed by atoms with Crippen LogP contribution >= 0.6 is 0 Å². The molecule has 1 heterocycles. The molecular formula is C13H15N3O3. The van der Waals surface area contributed by atoms with Crippen molar-refractivity contribution in [1.82, 2.24) is 10.3 Å². The van der Waals surface area contributed by atoms with Crippen LogP contribution in [0.3, 0.4) is 0 Å². The van der Waals surface area contributed by atoms with Crippen LogP contribution in [0.4, 0.5) is 0 Å². The standard InChI is InChI=1S/C13H15N3O3/c14-15-13(19)10-4-1-3-9(7-10)8-16-11(17)5-2-6-12(16)18/h1,3-4,7H,2,5-6,8,14H2,(H,15,19). The monoisotopic (exact) mass is 261 g/mol. The number of hydrogen-bond donors (Lipinski definition) is 2. The molecule has 1 saturated heterocycles. The summed E-state index contributed by atoms with van der Waals surface area (Å²) in [6.07, 6.45) is 1.41. The number of amides is 3. The van der Waals surface area contributed by atoms with Gasteiger partial charge in [-0.1, -0.05) is 12.1 Å². The Labute approximate surface area is 110 Å². The van der Waals surface area contributed by atoms with Crippen LogP contribution in [0.15, 0.2) is 24.3 Å². The average molecular weight is 261 g/mol. The lowest BCUT2D eigenvalue weighted by Gasteiger charge is -2.24. The first-order chi connectivity index (χ1) is 9.11. The van der Waals surface area contributed by atoms with Crippen molar-refractivity contribution < 1.29 is 14.4 Å². The highest BCUT2D eigenvalue weighted by atomic mass is 16.2. The van der Waals surface area contributed by atoms with Crippen molar-refractivity contribution in [3.05, 3.63) is 35.4 Å². The molecule has 0 saturated carbocycles.